The molecule has 28 heavy (non-hydrogen) atoms. The maximum atomic E-state index is 12.5. The smallest absolute Gasteiger partial charge is 0.227 e. The number of carbonyl (C=O) groups excluding carboxylic acids is 2. The van der Waals surface area contributed by atoms with E-state index in [9.17, 15) is 9.59 Å². The second-order valence-corrected chi connectivity index (χ2v) is 7.83. The van der Waals surface area contributed by atoms with Crippen LogP contribution in [0.2, 0.25) is 0 Å². The van der Waals surface area contributed by atoms with Crippen LogP contribution in [0.4, 0.5) is 5.69 Å². The van der Waals surface area contributed by atoms with Crippen LogP contribution in [0.15, 0.2) is 24.3 Å². The minimum atomic E-state index is 0.00301. The van der Waals surface area contributed by atoms with E-state index in [4.69, 9.17) is 4.74 Å². The van der Waals surface area contributed by atoms with Crippen LogP contribution in [0.5, 0.6) is 0 Å². The monoisotopic (exact) mass is 387 g/mol. The Balaban J connectivity index is 1.35. The molecule has 0 spiro atoms. The largest absolute Gasteiger partial charge is 0.379 e. The lowest BCUT2D eigenvalue weighted by Gasteiger charge is -2.28. The minimum absolute atomic E-state index is 0.00301. The molecule has 1 saturated carbocycles. The molecule has 1 aromatic carbocycles. The van der Waals surface area contributed by atoms with Crippen molar-refractivity contribution in [3.8, 4) is 0 Å². The van der Waals surface area contributed by atoms with E-state index in [1.165, 1.54) is 5.56 Å². The van der Waals surface area contributed by atoms with Gasteiger partial charge in [0, 0.05) is 43.7 Å². The fourth-order valence-corrected chi connectivity index (χ4v) is 3.99. The van der Waals surface area contributed by atoms with Gasteiger partial charge in [-0.1, -0.05) is 19.1 Å². The number of hydrogen-bond acceptors (Lipinski definition) is 4. The molecular weight excluding hydrogens is 354 g/mol. The fourth-order valence-electron chi connectivity index (χ4n) is 3.99. The average Bonchev–Trinajstić information content (AvgIpc) is 2.75. The minimum Gasteiger partial charge on any atom is -0.379 e. The first-order chi connectivity index (χ1) is 13.7. The van der Waals surface area contributed by atoms with Crippen LogP contribution in [0.25, 0.3) is 0 Å². The first-order valence-electron chi connectivity index (χ1n) is 10.6. The van der Waals surface area contributed by atoms with Crippen LogP contribution in [-0.4, -0.2) is 56.1 Å². The summed E-state index contributed by atoms with van der Waals surface area (Å²) in [7, 11) is 0. The molecule has 1 aliphatic heterocycles. The van der Waals surface area contributed by atoms with Gasteiger partial charge in [-0.15, -0.1) is 0 Å². The first-order valence-corrected chi connectivity index (χ1v) is 10.6. The zero-order valence-electron chi connectivity index (χ0n) is 16.9. The summed E-state index contributed by atoms with van der Waals surface area (Å²) in [6, 6.07) is 8.02. The maximum Gasteiger partial charge on any atom is 0.227 e. The van der Waals surface area contributed by atoms with Gasteiger partial charge >= 0.3 is 0 Å². The van der Waals surface area contributed by atoms with Crippen LogP contribution >= 0.6 is 0 Å². The number of rotatable bonds is 7. The Kier molecular flexibility index (Phi) is 7.86. The Morgan fingerprint density at radius 3 is 2.21 bits per heavy atom. The van der Waals surface area contributed by atoms with E-state index in [0.29, 0.717) is 6.54 Å². The van der Waals surface area contributed by atoms with E-state index in [1.807, 2.05) is 24.3 Å². The van der Waals surface area contributed by atoms with Crippen LogP contribution in [0.3, 0.4) is 0 Å². The summed E-state index contributed by atoms with van der Waals surface area (Å²) in [5.74, 6) is 0.263. The number of nitrogens with zero attached hydrogens (tertiary/aromatic N) is 1. The summed E-state index contributed by atoms with van der Waals surface area (Å²) in [6.45, 7) is 7.13. The summed E-state index contributed by atoms with van der Waals surface area (Å²) < 4.78 is 5.34. The summed E-state index contributed by atoms with van der Waals surface area (Å²) >= 11 is 0. The van der Waals surface area contributed by atoms with E-state index >= 15 is 0 Å². The lowest BCUT2D eigenvalue weighted by atomic mass is 9.81. The van der Waals surface area contributed by atoms with Gasteiger partial charge in [-0.3, -0.25) is 14.5 Å². The standard InChI is InChI=1S/C22H33N3O3/c1-2-17-3-9-20(10-4-17)24-22(27)19-7-5-18(6-8-19)21(26)23-11-12-25-13-15-28-16-14-25/h3-4,9-10,18-19H,2,5-8,11-16H2,1H3,(H,23,26)(H,24,27). The van der Waals surface area contributed by atoms with E-state index in [2.05, 4.69) is 22.5 Å². The molecular formula is C22H33N3O3. The van der Waals surface area contributed by atoms with Crippen molar-refractivity contribution in [2.45, 2.75) is 39.0 Å². The zero-order valence-corrected chi connectivity index (χ0v) is 16.9. The van der Waals surface area contributed by atoms with Crippen LogP contribution in [-0.2, 0) is 20.7 Å². The van der Waals surface area contributed by atoms with Crippen molar-refractivity contribution in [1.82, 2.24) is 10.2 Å². The number of anilines is 1. The molecule has 0 bridgehead atoms. The molecule has 1 heterocycles. The molecule has 154 valence electrons. The van der Waals surface area contributed by atoms with Crippen LogP contribution in [0, 0.1) is 11.8 Å². The molecule has 0 atom stereocenters. The highest BCUT2D eigenvalue weighted by atomic mass is 16.5. The maximum absolute atomic E-state index is 12.5. The Morgan fingerprint density at radius 2 is 1.61 bits per heavy atom. The lowest BCUT2D eigenvalue weighted by molar-refractivity contribution is -0.128. The van der Waals surface area contributed by atoms with E-state index < -0.39 is 0 Å². The van der Waals surface area contributed by atoms with Crippen molar-refractivity contribution in [2.24, 2.45) is 11.8 Å². The van der Waals surface area contributed by atoms with Crippen molar-refractivity contribution in [3.05, 3.63) is 29.8 Å². The number of hydrogen-bond donors (Lipinski definition) is 2. The normalized spacial score (nSPS) is 23.2. The van der Waals surface area contributed by atoms with Gasteiger partial charge in [0.05, 0.1) is 13.2 Å². The quantitative estimate of drug-likeness (QED) is 0.754. The lowest BCUT2D eigenvalue weighted by Crippen LogP contribution is -2.43. The summed E-state index contributed by atoms with van der Waals surface area (Å²) in [6.07, 6.45) is 4.13. The molecule has 6 nitrogen and oxygen atoms in total. The van der Waals surface area contributed by atoms with Crippen molar-refractivity contribution < 1.29 is 14.3 Å². The molecule has 0 aromatic heterocycles. The molecule has 0 radical (unpaired) electrons. The number of aryl methyl sites for hydroxylation is 1. The molecule has 1 aromatic rings. The summed E-state index contributed by atoms with van der Waals surface area (Å²) in [5.41, 5.74) is 2.11. The Hall–Kier alpha value is -1.92. The molecule has 1 aliphatic carbocycles. The summed E-state index contributed by atoms with van der Waals surface area (Å²) in [4.78, 5) is 27.2. The zero-order chi connectivity index (χ0) is 19.8. The third-order valence-electron chi connectivity index (χ3n) is 5.93. The number of ether oxygens (including phenoxy) is 1. The summed E-state index contributed by atoms with van der Waals surface area (Å²) in [5, 5.41) is 6.09. The molecule has 1 saturated heterocycles. The average molecular weight is 388 g/mol. The van der Waals surface area contributed by atoms with Crippen molar-refractivity contribution in [2.75, 3.05) is 44.7 Å². The SMILES string of the molecule is CCc1ccc(NC(=O)C2CCC(C(=O)NCCN3CCOCC3)CC2)cc1. The third kappa shape index (κ3) is 6.04. The van der Waals surface area contributed by atoms with E-state index in [-0.39, 0.29) is 23.7 Å². The highest BCUT2D eigenvalue weighted by Crippen LogP contribution is 2.30. The molecule has 0 unspecified atom stereocenters. The first kappa shape index (κ1) is 20.8. The molecule has 2 amide bonds. The molecule has 6 heteroatoms. The number of amides is 2. The topological polar surface area (TPSA) is 70.7 Å². The van der Waals surface area contributed by atoms with Gasteiger partial charge in [0.2, 0.25) is 11.8 Å². The molecule has 2 N–H and O–H groups in total. The second kappa shape index (κ2) is 10.6. The van der Waals surface area contributed by atoms with Gasteiger partial charge in [0.15, 0.2) is 0 Å². The number of benzene rings is 1. The number of carbonyl (C=O) groups is 2. The predicted octanol–water partition coefficient (Wildman–Crippen LogP) is 2.44. The molecule has 2 fully saturated rings. The van der Waals surface area contributed by atoms with Crippen molar-refractivity contribution in [1.29, 1.82) is 0 Å². The Labute approximate surface area is 168 Å². The predicted molar refractivity (Wildman–Crippen MR) is 110 cm³/mol. The fraction of sp³-hybridized carbons (Fsp3) is 0.636. The Morgan fingerprint density at radius 1 is 1.00 bits per heavy atom. The van der Waals surface area contributed by atoms with Crippen LogP contribution < -0.4 is 10.6 Å². The van der Waals surface area contributed by atoms with Crippen molar-refractivity contribution in [3.63, 3.8) is 0 Å². The van der Waals surface area contributed by atoms with Crippen LogP contribution in [0.1, 0.15) is 38.2 Å². The highest BCUT2D eigenvalue weighted by molar-refractivity contribution is 5.92. The van der Waals surface area contributed by atoms with Crippen molar-refractivity contribution >= 4 is 17.5 Å². The van der Waals surface area contributed by atoms with E-state index in [1.54, 1.807) is 0 Å². The van der Waals surface area contributed by atoms with E-state index in [0.717, 1.165) is 70.6 Å². The molecule has 2 aliphatic rings. The molecule has 3 rings (SSSR count). The van der Waals surface area contributed by atoms with Gasteiger partial charge in [-0.05, 0) is 49.8 Å². The highest BCUT2D eigenvalue weighted by Gasteiger charge is 2.29. The van der Waals surface area contributed by atoms with Gasteiger partial charge in [-0.25, -0.2) is 0 Å². The van der Waals surface area contributed by atoms with Gasteiger partial charge in [0.1, 0.15) is 0 Å². The van der Waals surface area contributed by atoms with Gasteiger partial charge in [-0.2, -0.15) is 0 Å². The number of morpholine rings is 1. The van der Waals surface area contributed by atoms with Gasteiger partial charge in [0.25, 0.3) is 0 Å². The Bertz CT molecular complexity index is 633. The third-order valence-corrected chi connectivity index (χ3v) is 5.93. The van der Waals surface area contributed by atoms with Gasteiger partial charge < -0.3 is 15.4 Å². The number of nitrogens with one attached hydrogen (secondary N) is 2. The second-order valence-electron chi connectivity index (χ2n) is 7.83.